The predicted molar refractivity (Wildman–Crippen MR) is 127 cm³/mol. The van der Waals surface area contributed by atoms with Crippen LogP contribution in [0.2, 0.25) is 5.02 Å². The van der Waals surface area contributed by atoms with E-state index in [0.29, 0.717) is 10.6 Å². The summed E-state index contributed by atoms with van der Waals surface area (Å²) in [5.74, 6) is -0.630. The molecule has 2 aliphatic heterocycles. The second kappa shape index (κ2) is 8.57. The average Bonchev–Trinajstić information content (AvgIpc) is 2.73. The van der Waals surface area contributed by atoms with E-state index in [0.717, 1.165) is 61.5 Å². The smallest absolute Gasteiger partial charge is 0.264 e. The van der Waals surface area contributed by atoms with Crippen LogP contribution in [0.15, 0.2) is 36.4 Å². The number of carbonyl (C=O) groups is 1. The Bertz CT molecular complexity index is 1140. The van der Waals surface area contributed by atoms with Crippen LogP contribution in [0.1, 0.15) is 47.8 Å². The molecule has 0 radical (unpaired) electrons. The molecule has 2 aliphatic rings. The van der Waals surface area contributed by atoms with Crippen LogP contribution >= 0.6 is 11.6 Å². The van der Waals surface area contributed by atoms with Crippen LogP contribution in [-0.2, 0) is 20.2 Å². The van der Waals surface area contributed by atoms with Gasteiger partial charge in [-0.05, 0) is 59.4 Å². The zero-order valence-electron chi connectivity index (χ0n) is 18.4. The number of rotatable bonds is 4. The Labute approximate surface area is 194 Å². The van der Waals surface area contributed by atoms with Crippen molar-refractivity contribution in [2.45, 2.75) is 31.7 Å². The standard InChI is InChI=1S/C23H28ClN3O4S/c1-23(2)14-21(17-13-16(5-6-19(17)24)27-8-10-31-11-9-27)25-20-7-4-15(12-18(20)23)22(28)26-32(3,29)30/h4-7,12-13,21,25H,8-11,14H2,1-3H3,(H,26,28). The minimum Gasteiger partial charge on any atom is -0.378 e. The summed E-state index contributed by atoms with van der Waals surface area (Å²) < 4.78 is 30.4. The molecule has 4 rings (SSSR count). The normalized spacial score (nSPS) is 20.2. The predicted octanol–water partition coefficient (Wildman–Crippen LogP) is 3.70. The fraction of sp³-hybridized carbons (Fsp3) is 0.435. The monoisotopic (exact) mass is 477 g/mol. The summed E-state index contributed by atoms with van der Waals surface area (Å²) in [5, 5.41) is 4.29. The molecule has 1 amide bonds. The first kappa shape index (κ1) is 22.9. The van der Waals surface area contributed by atoms with Crippen molar-refractivity contribution in [3.8, 4) is 0 Å². The number of hydrogen-bond donors (Lipinski definition) is 2. The summed E-state index contributed by atoms with van der Waals surface area (Å²) in [5.41, 5.74) is 4.10. The number of carbonyl (C=O) groups excluding carboxylic acids is 1. The number of nitrogens with zero attached hydrogens (tertiary/aromatic N) is 1. The third kappa shape index (κ3) is 4.87. The summed E-state index contributed by atoms with van der Waals surface area (Å²) in [6.07, 6.45) is 1.73. The molecule has 1 saturated heterocycles. The summed E-state index contributed by atoms with van der Waals surface area (Å²) in [7, 11) is -3.63. The van der Waals surface area contributed by atoms with Crippen LogP contribution in [0, 0.1) is 0 Å². The largest absolute Gasteiger partial charge is 0.378 e. The molecule has 32 heavy (non-hydrogen) atoms. The molecular weight excluding hydrogens is 450 g/mol. The quantitative estimate of drug-likeness (QED) is 0.698. The van der Waals surface area contributed by atoms with Gasteiger partial charge in [0, 0.05) is 35.1 Å². The number of benzene rings is 2. The number of ether oxygens (including phenoxy) is 1. The van der Waals surface area contributed by atoms with Crippen molar-refractivity contribution < 1.29 is 17.9 Å². The van der Waals surface area contributed by atoms with Crippen LogP contribution in [0.4, 0.5) is 11.4 Å². The molecule has 7 nitrogen and oxygen atoms in total. The number of hydrogen-bond acceptors (Lipinski definition) is 6. The van der Waals surface area contributed by atoms with Crippen LogP contribution in [-0.4, -0.2) is 46.9 Å². The number of nitrogens with one attached hydrogen (secondary N) is 2. The first-order chi connectivity index (χ1) is 15.0. The Morgan fingerprint density at radius 3 is 2.59 bits per heavy atom. The fourth-order valence-corrected chi connectivity index (χ4v) is 5.17. The molecule has 0 saturated carbocycles. The molecule has 1 atom stereocenters. The minimum atomic E-state index is -3.63. The summed E-state index contributed by atoms with van der Waals surface area (Å²) in [6.45, 7) is 7.39. The highest BCUT2D eigenvalue weighted by Gasteiger charge is 2.35. The maximum Gasteiger partial charge on any atom is 0.264 e. The Kier molecular flexibility index (Phi) is 6.13. The molecule has 172 valence electrons. The highest BCUT2D eigenvalue weighted by atomic mass is 35.5. The molecule has 2 N–H and O–H groups in total. The van der Waals surface area contributed by atoms with Gasteiger partial charge in [-0.3, -0.25) is 4.79 Å². The number of anilines is 2. The number of halogens is 1. The van der Waals surface area contributed by atoms with E-state index >= 15 is 0 Å². The zero-order valence-corrected chi connectivity index (χ0v) is 20.0. The highest BCUT2D eigenvalue weighted by Crippen LogP contribution is 2.46. The van der Waals surface area contributed by atoms with Gasteiger partial charge in [0.05, 0.1) is 25.5 Å². The molecule has 9 heteroatoms. The molecule has 0 spiro atoms. The third-order valence-electron chi connectivity index (χ3n) is 6.06. The molecule has 2 heterocycles. The molecule has 2 aromatic carbocycles. The minimum absolute atomic E-state index is 0.00156. The topological polar surface area (TPSA) is 87.7 Å². The van der Waals surface area contributed by atoms with Gasteiger partial charge >= 0.3 is 0 Å². The van der Waals surface area contributed by atoms with Crippen LogP contribution < -0.4 is 14.9 Å². The second-order valence-corrected chi connectivity index (χ2v) is 11.2. The van der Waals surface area contributed by atoms with E-state index < -0.39 is 15.9 Å². The maximum absolute atomic E-state index is 12.3. The van der Waals surface area contributed by atoms with Crippen LogP contribution in [0.25, 0.3) is 0 Å². The van der Waals surface area contributed by atoms with E-state index in [1.807, 2.05) is 22.9 Å². The average molecular weight is 478 g/mol. The highest BCUT2D eigenvalue weighted by molar-refractivity contribution is 7.89. The lowest BCUT2D eigenvalue weighted by atomic mass is 9.73. The lowest BCUT2D eigenvalue weighted by molar-refractivity contribution is 0.0981. The summed E-state index contributed by atoms with van der Waals surface area (Å²) in [6, 6.07) is 11.4. The van der Waals surface area contributed by atoms with Crippen LogP contribution in [0.3, 0.4) is 0 Å². The number of sulfonamides is 1. The molecule has 1 fully saturated rings. The first-order valence-corrected chi connectivity index (χ1v) is 12.9. The van der Waals surface area contributed by atoms with E-state index in [9.17, 15) is 13.2 Å². The molecule has 0 bridgehead atoms. The van der Waals surface area contributed by atoms with Gasteiger partial charge in [-0.2, -0.15) is 0 Å². The fourth-order valence-electron chi connectivity index (χ4n) is 4.46. The lowest BCUT2D eigenvalue weighted by Gasteiger charge is -2.40. The van der Waals surface area contributed by atoms with Gasteiger partial charge < -0.3 is 15.0 Å². The molecule has 0 aliphatic carbocycles. The lowest BCUT2D eigenvalue weighted by Crippen LogP contribution is -2.36. The van der Waals surface area contributed by atoms with Gasteiger partial charge in [-0.25, -0.2) is 13.1 Å². The second-order valence-electron chi connectivity index (χ2n) is 9.05. The van der Waals surface area contributed by atoms with Crippen molar-refractivity contribution in [2.75, 3.05) is 42.8 Å². The number of amides is 1. The van der Waals surface area contributed by atoms with Crippen LogP contribution in [0.5, 0.6) is 0 Å². The van der Waals surface area contributed by atoms with Gasteiger partial charge in [-0.1, -0.05) is 25.4 Å². The van der Waals surface area contributed by atoms with Crippen molar-refractivity contribution >= 4 is 38.9 Å². The SMILES string of the molecule is CC1(C)CC(c2cc(N3CCOCC3)ccc2Cl)Nc2ccc(C(=O)NS(C)(=O)=O)cc21. The Hall–Kier alpha value is -2.29. The van der Waals surface area contributed by atoms with Crippen molar-refractivity contribution in [3.63, 3.8) is 0 Å². The van der Waals surface area contributed by atoms with Gasteiger partial charge in [0.2, 0.25) is 10.0 Å². The Balaban J connectivity index is 1.64. The third-order valence-corrected chi connectivity index (χ3v) is 6.96. The van der Waals surface area contributed by atoms with Gasteiger partial charge in [0.1, 0.15) is 0 Å². The van der Waals surface area contributed by atoms with Crippen molar-refractivity contribution in [1.29, 1.82) is 0 Å². The van der Waals surface area contributed by atoms with E-state index in [1.165, 1.54) is 0 Å². The summed E-state index contributed by atoms with van der Waals surface area (Å²) in [4.78, 5) is 14.6. The Morgan fingerprint density at radius 2 is 1.91 bits per heavy atom. The van der Waals surface area contributed by atoms with E-state index in [1.54, 1.807) is 12.1 Å². The van der Waals surface area contributed by atoms with Gasteiger partial charge in [-0.15, -0.1) is 0 Å². The first-order valence-electron chi connectivity index (χ1n) is 10.6. The van der Waals surface area contributed by atoms with Gasteiger partial charge in [0.15, 0.2) is 0 Å². The molecule has 0 aromatic heterocycles. The number of fused-ring (bicyclic) bond motifs is 1. The maximum atomic E-state index is 12.3. The van der Waals surface area contributed by atoms with E-state index in [4.69, 9.17) is 16.3 Å². The van der Waals surface area contributed by atoms with E-state index in [-0.39, 0.29) is 11.5 Å². The Morgan fingerprint density at radius 1 is 1.19 bits per heavy atom. The zero-order chi connectivity index (χ0) is 23.1. The van der Waals surface area contributed by atoms with Crippen molar-refractivity contribution in [1.82, 2.24) is 4.72 Å². The van der Waals surface area contributed by atoms with Crippen molar-refractivity contribution in [3.05, 3.63) is 58.1 Å². The number of morpholine rings is 1. The molecular formula is C23H28ClN3O4S. The van der Waals surface area contributed by atoms with E-state index in [2.05, 4.69) is 30.1 Å². The van der Waals surface area contributed by atoms with Crippen molar-refractivity contribution in [2.24, 2.45) is 0 Å². The molecule has 1 unspecified atom stereocenters. The van der Waals surface area contributed by atoms with Gasteiger partial charge in [0.25, 0.3) is 5.91 Å². The molecule has 2 aromatic rings. The summed E-state index contributed by atoms with van der Waals surface area (Å²) >= 11 is 6.62.